The fraction of sp³-hybridized carbons (Fsp3) is 0.429. The van der Waals surface area contributed by atoms with Gasteiger partial charge in [0.25, 0.3) is 0 Å². The second-order valence-electron chi connectivity index (χ2n) is 7.02. The maximum atomic E-state index is 12.3. The second-order valence-corrected chi connectivity index (χ2v) is 7.02. The summed E-state index contributed by atoms with van der Waals surface area (Å²) in [7, 11) is 2.01. The molecule has 1 atom stereocenters. The number of anilines is 1. The highest BCUT2D eigenvalue weighted by Crippen LogP contribution is 2.24. The molecular formula is C21H28N4O2. The highest BCUT2D eigenvalue weighted by Gasteiger charge is 2.26. The molecular weight excluding hydrogens is 340 g/mol. The van der Waals surface area contributed by atoms with Gasteiger partial charge in [-0.2, -0.15) is 0 Å². The molecule has 1 aromatic heterocycles. The third kappa shape index (κ3) is 4.77. The van der Waals surface area contributed by atoms with E-state index < -0.39 is 11.8 Å². The van der Waals surface area contributed by atoms with E-state index in [-0.39, 0.29) is 6.04 Å². The first-order valence-electron chi connectivity index (χ1n) is 9.62. The van der Waals surface area contributed by atoms with Crippen molar-refractivity contribution in [3.05, 3.63) is 53.9 Å². The van der Waals surface area contributed by atoms with E-state index in [1.165, 1.54) is 18.4 Å². The number of nitrogens with one attached hydrogen (secondary N) is 2. The second kappa shape index (κ2) is 8.86. The van der Waals surface area contributed by atoms with Crippen molar-refractivity contribution in [1.82, 2.24) is 14.8 Å². The Hall–Kier alpha value is -2.60. The summed E-state index contributed by atoms with van der Waals surface area (Å²) in [5, 5.41) is 5.47. The molecule has 27 heavy (non-hydrogen) atoms. The number of hydrogen-bond acceptors (Lipinski definition) is 3. The van der Waals surface area contributed by atoms with Gasteiger partial charge in [0.1, 0.15) is 0 Å². The molecule has 2 amide bonds. The molecule has 1 saturated heterocycles. The van der Waals surface area contributed by atoms with Crippen molar-refractivity contribution in [1.29, 1.82) is 0 Å². The molecule has 3 rings (SSSR count). The molecule has 2 heterocycles. The number of carbonyl (C=O) groups excluding carboxylic acids is 2. The Morgan fingerprint density at radius 3 is 2.37 bits per heavy atom. The number of rotatable bonds is 6. The van der Waals surface area contributed by atoms with Crippen LogP contribution >= 0.6 is 0 Å². The van der Waals surface area contributed by atoms with Gasteiger partial charge in [0.15, 0.2) is 0 Å². The van der Waals surface area contributed by atoms with Gasteiger partial charge < -0.3 is 15.2 Å². The average Bonchev–Trinajstić information content (AvgIpc) is 3.35. The van der Waals surface area contributed by atoms with Gasteiger partial charge in [-0.15, -0.1) is 0 Å². The van der Waals surface area contributed by atoms with Gasteiger partial charge in [-0.3, -0.25) is 14.5 Å². The lowest BCUT2D eigenvalue weighted by Gasteiger charge is -2.28. The number of hydrogen-bond donors (Lipinski definition) is 2. The largest absolute Gasteiger partial charge is 0.353 e. The summed E-state index contributed by atoms with van der Waals surface area (Å²) in [5.41, 5.74) is 2.96. The summed E-state index contributed by atoms with van der Waals surface area (Å²) in [6.07, 6.45) is 5.28. The summed E-state index contributed by atoms with van der Waals surface area (Å²) in [4.78, 5) is 26.9. The van der Waals surface area contributed by atoms with Gasteiger partial charge in [0, 0.05) is 31.2 Å². The first-order valence-corrected chi connectivity index (χ1v) is 9.62. The summed E-state index contributed by atoms with van der Waals surface area (Å²) in [6.45, 7) is 4.52. The minimum atomic E-state index is -0.633. The molecule has 1 fully saturated rings. The zero-order valence-electron chi connectivity index (χ0n) is 16.1. The van der Waals surface area contributed by atoms with E-state index >= 15 is 0 Å². The fourth-order valence-electron chi connectivity index (χ4n) is 3.58. The van der Waals surface area contributed by atoms with Crippen LogP contribution in [0.1, 0.15) is 37.1 Å². The first-order chi connectivity index (χ1) is 13.1. The lowest BCUT2D eigenvalue weighted by Crippen LogP contribution is -2.41. The lowest BCUT2D eigenvalue weighted by atomic mass is 10.1. The van der Waals surface area contributed by atoms with E-state index in [1.54, 1.807) is 0 Å². The van der Waals surface area contributed by atoms with E-state index in [1.807, 2.05) is 43.6 Å². The number of carbonyl (C=O) groups is 2. The standard InChI is InChI=1S/C21H28N4O2/c1-3-16-8-10-17(11-9-16)23-21(27)20(26)22-15-19(25-13-4-5-14-25)18-7-6-12-24(18)2/h6-12,19H,3-5,13-15H2,1-2H3,(H,22,26)(H,23,27). The van der Waals surface area contributed by atoms with Crippen LogP contribution in [0.25, 0.3) is 0 Å². The summed E-state index contributed by atoms with van der Waals surface area (Å²) in [6, 6.07) is 11.7. The number of nitrogens with zero attached hydrogens (tertiary/aromatic N) is 2. The zero-order chi connectivity index (χ0) is 19.2. The van der Waals surface area contributed by atoms with Crippen LogP contribution in [-0.4, -0.2) is 40.9 Å². The van der Waals surface area contributed by atoms with Crippen molar-refractivity contribution in [3.8, 4) is 0 Å². The minimum Gasteiger partial charge on any atom is -0.353 e. The van der Waals surface area contributed by atoms with Crippen molar-refractivity contribution >= 4 is 17.5 Å². The van der Waals surface area contributed by atoms with Crippen LogP contribution in [0.5, 0.6) is 0 Å². The van der Waals surface area contributed by atoms with Crippen LogP contribution < -0.4 is 10.6 Å². The monoisotopic (exact) mass is 368 g/mol. The number of benzene rings is 1. The molecule has 2 N–H and O–H groups in total. The van der Waals surface area contributed by atoms with E-state index in [2.05, 4.69) is 33.1 Å². The van der Waals surface area contributed by atoms with Crippen molar-refractivity contribution in [2.24, 2.45) is 7.05 Å². The quantitative estimate of drug-likeness (QED) is 0.770. The number of amides is 2. The average molecular weight is 368 g/mol. The SMILES string of the molecule is CCc1ccc(NC(=O)C(=O)NCC(c2cccn2C)N2CCCC2)cc1. The Kier molecular flexibility index (Phi) is 6.29. The van der Waals surface area contributed by atoms with Crippen LogP contribution in [0.3, 0.4) is 0 Å². The molecule has 2 aromatic rings. The van der Waals surface area contributed by atoms with E-state index in [0.717, 1.165) is 25.2 Å². The predicted octanol–water partition coefficient (Wildman–Crippen LogP) is 2.48. The molecule has 0 saturated carbocycles. The van der Waals surface area contributed by atoms with E-state index in [4.69, 9.17) is 0 Å². The molecule has 0 spiro atoms. The maximum absolute atomic E-state index is 12.3. The predicted molar refractivity (Wildman–Crippen MR) is 106 cm³/mol. The Morgan fingerprint density at radius 2 is 1.78 bits per heavy atom. The lowest BCUT2D eigenvalue weighted by molar-refractivity contribution is -0.136. The molecule has 1 unspecified atom stereocenters. The molecule has 0 radical (unpaired) electrons. The van der Waals surface area contributed by atoms with Crippen LogP contribution in [0.4, 0.5) is 5.69 Å². The van der Waals surface area contributed by atoms with Crippen molar-refractivity contribution in [2.75, 3.05) is 25.0 Å². The molecule has 144 valence electrons. The Bertz CT molecular complexity index is 776. The van der Waals surface area contributed by atoms with Gasteiger partial charge in [0.2, 0.25) is 0 Å². The third-order valence-corrected chi connectivity index (χ3v) is 5.19. The van der Waals surface area contributed by atoms with Crippen LogP contribution in [0, 0.1) is 0 Å². The van der Waals surface area contributed by atoms with Crippen molar-refractivity contribution < 1.29 is 9.59 Å². The number of aromatic nitrogens is 1. The van der Waals surface area contributed by atoms with Gasteiger partial charge in [0.05, 0.1) is 6.04 Å². The van der Waals surface area contributed by atoms with Gasteiger partial charge >= 0.3 is 11.8 Å². The van der Waals surface area contributed by atoms with Gasteiger partial charge in [-0.25, -0.2) is 0 Å². The molecule has 1 aromatic carbocycles. The normalized spacial score (nSPS) is 15.5. The minimum absolute atomic E-state index is 0.0769. The summed E-state index contributed by atoms with van der Waals surface area (Å²) in [5.74, 6) is -1.24. The molecule has 1 aliphatic heterocycles. The highest BCUT2D eigenvalue weighted by atomic mass is 16.2. The maximum Gasteiger partial charge on any atom is 0.313 e. The summed E-state index contributed by atoms with van der Waals surface area (Å²) < 4.78 is 2.07. The highest BCUT2D eigenvalue weighted by molar-refractivity contribution is 6.39. The number of aryl methyl sites for hydroxylation is 2. The molecule has 0 aliphatic carbocycles. The molecule has 6 nitrogen and oxygen atoms in total. The first kappa shape index (κ1) is 19.2. The molecule has 0 bridgehead atoms. The molecule has 6 heteroatoms. The smallest absolute Gasteiger partial charge is 0.313 e. The zero-order valence-corrected chi connectivity index (χ0v) is 16.1. The Morgan fingerprint density at radius 1 is 1.07 bits per heavy atom. The van der Waals surface area contributed by atoms with Crippen LogP contribution in [0.2, 0.25) is 0 Å². The van der Waals surface area contributed by atoms with Crippen LogP contribution in [-0.2, 0) is 23.1 Å². The Labute approximate surface area is 160 Å². The Balaban J connectivity index is 1.59. The fourth-order valence-corrected chi connectivity index (χ4v) is 3.58. The topological polar surface area (TPSA) is 66.4 Å². The third-order valence-electron chi connectivity index (χ3n) is 5.19. The van der Waals surface area contributed by atoms with Crippen molar-refractivity contribution in [2.45, 2.75) is 32.2 Å². The van der Waals surface area contributed by atoms with Gasteiger partial charge in [-0.05, 0) is 62.2 Å². The van der Waals surface area contributed by atoms with E-state index in [0.29, 0.717) is 12.2 Å². The van der Waals surface area contributed by atoms with E-state index in [9.17, 15) is 9.59 Å². The van der Waals surface area contributed by atoms with Crippen molar-refractivity contribution in [3.63, 3.8) is 0 Å². The van der Waals surface area contributed by atoms with Crippen LogP contribution in [0.15, 0.2) is 42.6 Å². The van der Waals surface area contributed by atoms with Gasteiger partial charge in [-0.1, -0.05) is 19.1 Å². The molecule has 1 aliphatic rings. The summed E-state index contributed by atoms with van der Waals surface area (Å²) >= 11 is 0. The number of likely N-dealkylation sites (tertiary alicyclic amines) is 1.